The molecule has 1 fully saturated rings. The lowest BCUT2D eigenvalue weighted by Gasteiger charge is -2.20. The van der Waals surface area contributed by atoms with Crippen LogP contribution in [0.25, 0.3) is 11.0 Å². The number of rotatable bonds is 3. The van der Waals surface area contributed by atoms with Gasteiger partial charge in [-0.3, -0.25) is 0 Å². The van der Waals surface area contributed by atoms with Crippen LogP contribution in [0.2, 0.25) is 0 Å². The number of aliphatic imine (C=N–C) groups is 1. The number of aromatic nitrogens is 2. The molecular weight excluding hydrogens is 262 g/mol. The molecule has 1 aliphatic heterocycles. The summed E-state index contributed by atoms with van der Waals surface area (Å²) < 4.78 is 2.13. The summed E-state index contributed by atoms with van der Waals surface area (Å²) in [5, 5.41) is 3.39. The fourth-order valence-electron chi connectivity index (χ4n) is 2.84. The number of hydrogen-bond acceptors (Lipinski definition) is 2. The van der Waals surface area contributed by atoms with E-state index in [2.05, 4.69) is 39.8 Å². The highest BCUT2D eigenvalue weighted by Gasteiger charge is 2.16. The Balaban J connectivity index is 1.82. The predicted octanol–water partition coefficient (Wildman–Crippen LogP) is 2.13. The highest BCUT2D eigenvalue weighted by Crippen LogP contribution is 2.15. The Hall–Kier alpha value is -2.04. The van der Waals surface area contributed by atoms with Crippen molar-refractivity contribution in [3.8, 4) is 0 Å². The third kappa shape index (κ3) is 2.86. The molecule has 2 aromatic rings. The van der Waals surface area contributed by atoms with Gasteiger partial charge in [-0.2, -0.15) is 0 Å². The normalized spacial score (nSPS) is 15.9. The minimum Gasteiger partial charge on any atom is -0.357 e. The average molecular weight is 285 g/mol. The van der Waals surface area contributed by atoms with Gasteiger partial charge >= 0.3 is 0 Å². The van der Waals surface area contributed by atoms with Gasteiger partial charge in [-0.15, -0.1) is 0 Å². The number of imidazole rings is 1. The van der Waals surface area contributed by atoms with Crippen molar-refractivity contribution in [2.45, 2.75) is 26.3 Å². The third-order valence-corrected chi connectivity index (χ3v) is 3.99. The monoisotopic (exact) mass is 285 g/mol. The number of guanidine groups is 1. The molecule has 0 saturated carbocycles. The van der Waals surface area contributed by atoms with Crippen LogP contribution in [0.5, 0.6) is 0 Å². The van der Waals surface area contributed by atoms with Crippen LogP contribution < -0.4 is 5.32 Å². The molecular formula is C16H23N5. The van der Waals surface area contributed by atoms with E-state index in [0.717, 1.165) is 42.5 Å². The number of nitrogens with one attached hydrogen (secondary N) is 1. The standard InChI is InChI=1S/C16H23N5/c1-3-17-16(21-10-6-7-11-21)18-12-15-19-13-8-4-5-9-14(13)20(15)2/h4-5,8-9H,3,6-7,10-12H2,1-2H3,(H,17,18). The van der Waals surface area contributed by atoms with Crippen LogP contribution in [-0.4, -0.2) is 40.0 Å². The lowest BCUT2D eigenvalue weighted by Crippen LogP contribution is -2.39. The summed E-state index contributed by atoms with van der Waals surface area (Å²) in [5.74, 6) is 2.02. The molecule has 0 bridgehead atoms. The summed E-state index contributed by atoms with van der Waals surface area (Å²) in [6.07, 6.45) is 2.52. The van der Waals surface area contributed by atoms with E-state index >= 15 is 0 Å². The Morgan fingerprint density at radius 1 is 1.29 bits per heavy atom. The number of hydrogen-bond donors (Lipinski definition) is 1. The van der Waals surface area contributed by atoms with Crippen LogP contribution >= 0.6 is 0 Å². The van der Waals surface area contributed by atoms with Crippen molar-refractivity contribution < 1.29 is 0 Å². The van der Waals surface area contributed by atoms with Gasteiger partial charge in [0, 0.05) is 26.7 Å². The summed E-state index contributed by atoms with van der Waals surface area (Å²) >= 11 is 0. The molecule has 5 heteroatoms. The van der Waals surface area contributed by atoms with E-state index in [1.165, 1.54) is 12.8 Å². The summed E-state index contributed by atoms with van der Waals surface area (Å²) in [4.78, 5) is 11.8. The number of benzene rings is 1. The third-order valence-electron chi connectivity index (χ3n) is 3.99. The van der Waals surface area contributed by atoms with Gasteiger partial charge in [0.05, 0.1) is 11.0 Å². The molecule has 112 valence electrons. The first kappa shape index (κ1) is 13.9. The zero-order valence-corrected chi connectivity index (χ0v) is 12.8. The fourth-order valence-corrected chi connectivity index (χ4v) is 2.84. The smallest absolute Gasteiger partial charge is 0.194 e. The van der Waals surface area contributed by atoms with E-state index in [4.69, 9.17) is 4.99 Å². The van der Waals surface area contributed by atoms with Crippen LogP contribution in [0, 0.1) is 0 Å². The Labute approximate surface area is 125 Å². The van der Waals surface area contributed by atoms with Gasteiger partial charge in [-0.05, 0) is 31.9 Å². The van der Waals surface area contributed by atoms with Crippen molar-refractivity contribution in [3.05, 3.63) is 30.1 Å². The van der Waals surface area contributed by atoms with E-state index < -0.39 is 0 Å². The fraction of sp³-hybridized carbons (Fsp3) is 0.500. The lowest BCUT2D eigenvalue weighted by molar-refractivity contribution is 0.493. The maximum absolute atomic E-state index is 4.77. The van der Waals surface area contributed by atoms with Gasteiger partial charge < -0.3 is 14.8 Å². The maximum Gasteiger partial charge on any atom is 0.194 e. The van der Waals surface area contributed by atoms with Crippen LogP contribution in [-0.2, 0) is 13.6 Å². The van der Waals surface area contributed by atoms with Crippen LogP contribution in [0.3, 0.4) is 0 Å². The topological polar surface area (TPSA) is 45.5 Å². The molecule has 0 unspecified atom stereocenters. The Morgan fingerprint density at radius 2 is 2.05 bits per heavy atom. The minimum absolute atomic E-state index is 0.615. The van der Waals surface area contributed by atoms with Gasteiger partial charge in [0.15, 0.2) is 5.96 Å². The molecule has 21 heavy (non-hydrogen) atoms. The zero-order valence-electron chi connectivity index (χ0n) is 12.8. The quantitative estimate of drug-likeness (QED) is 0.694. The summed E-state index contributed by atoms with van der Waals surface area (Å²) in [6, 6.07) is 8.22. The maximum atomic E-state index is 4.77. The molecule has 1 aromatic carbocycles. The second kappa shape index (κ2) is 6.16. The molecule has 3 rings (SSSR count). The van der Waals surface area contributed by atoms with Gasteiger partial charge in [0.2, 0.25) is 0 Å². The summed E-state index contributed by atoms with van der Waals surface area (Å²) in [6.45, 7) is 5.84. The van der Waals surface area contributed by atoms with Gasteiger partial charge in [-0.1, -0.05) is 12.1 Å². The van der Waals surface area contributed by atoms with Crippen molar-refractivity contribution in [1.82, 2.24) is 19.8 Å². The highest BCUT2D eigenvalue weighted by atomic mass is 15.3. The number of para-hydroxylation sites is 2. The molecule has 5 nitrogen and oxygen atoms in total. The Kier molecular flexibility index (Phi) is 4.08. The lowest BCUT2D eigenvalue weighted by atomic mass is 10.3. The van der Waals surface area contributed by atoms with E-state index in [0.29, 0.717) is 6.54 Å². The van der Waals surface area contributed by atoms with Crippen molar-refractivity contribution in [2.24, 2.45) is 12.0 Å². The molecule has 1 aliphatic rings. The second-order valence-electron chi connectivity index (χ2n) is 5.44. The van der Waals surface area contributed by atoms with E-state index in [1.54, 1.807) is 0 Å². The number of aryl methyl sites for hydroxylation is 1. The van der Waals surface area contributed by atoms with Crippen LogP contribution in [0.1, 0.15) is 25.6 Å². The molecule has 1 aromatic heterocycles. The average Bonchev–Trinajstić information content (AvgIpc) is 3.13. The van der Waals surface area contributed by atoms with Crippen molar-refractivity contribution in [1.29, 1.82) is 0 Å². The summed E-state index contributed by atoms with van der Waals surface area (Å²) in [5.41, 5.74) is 2.20. The SMILES string of the molecule is CCNC(=NCc1nc2ccccc2n1C)N1CCCC1. The zero-order chi connectivity index (χ0) is 14.7. The molecule has 0 spiro atoms. The number of likely N-dealkylation sites (tertiary alicyclic amines) is 1. The Morgan fingerprint density at radius 3 is 2.76 bits per heavy atom. The molecule has 1 N–H and O–H groups in total. The van der Waals surface area contributed by atoms with Crippen molar-refractivity contribution >= 4 is 17.0 Å². The predicted molar refractivity (Wildman–Crippen MR) is 86.3 cm³/mol. The molecule has 0 atom stereocenters. The number of nitrogens with zero attached hydrogens (tertiary/aromatic N) is 4. The first-order valence-corrected chi connectivity index (χ1v) is 7.73. The van der Waals surface area contributed by atoms with E-state index in [9.17, 15) is 0 Å². The van der Waals surface area contributed by atoms with E-state index in [1.807, 2.05) is 18.2 Å². The van der Waals surface area contributed by atoms with E-state index in [-0.39, 0.29) is 0 Å². The van der Waals surface area contributed by atoms with Crippen LogP contribution in [0.4, 0.5) is 0 Å². The van der Waals surface area contributed by atoms with Crippen molar-refractivity contribution in [3.63, 3.8) is 0 Å². The molecule has 1 saturated heterocycles. The van der Waals surface area contributed by atoms with Crippen molar-refractivity contribution in [2.75, 3.05) is 19.6 Å². The molecule has 2 heterocycles. The molecule has 0 aliphatic carbocycles. The van der Waals surface area contributed by atoms with Gasteiger partial charge in [0.25, 0.3) is 0 Å². The van der Waals surface area contributed by atoms with Gasteiger partial charge in [-0.25, -0.2) is 9.98 Å². The molecule has 0 amide bonds. The second-order valence-corrected chi connectivity index (χ2v) is 5.44. The first-order chi connectivity index (χ1) is 10.3. The largest absolute Gasteiger partial charge is 0.357 e. The molecule has 0 radical (unpaired) electrons. The number of fused-ring (bicyclic) bond motifs is 1. The summed E-state index contributed by atoms with van der Waals surface area (Å²) in [7, 11) is 2.06. The van der Waals surface area contributed by atoms with Crippen LogP contribution in [0.15, 0.2) is 29.3 Å². The first-order valence-electron chi connectivity index (χ1n) is 7.73. The minimum atomic E-state index is 0.615. The van der Waals surface area contributed by atoms with Gasteiger partial charge in [0.1, 0.15) is 12.4 Å². The Bertz CT molecular complexity index is 637. The highest BCUT2D eigenvalue weighted by molar-refractivity contribution is 5.80.